The molecule has 3 aromatic heterocycles. The maximum Gasteiger partial charge on any atom is 0.321 e. The number of nitrogens with zero attached hydrogens (tertiary/aromatic N) is 5. The summed E-state index contributed by atoms with van der Waals surface area (Å²) in [5.74, 6) is 0.309. The lowest BCUT2D eigenvalue weighted by Gasteiger charge is -2.35. The molecule has 0 saturated carbocycles. The number of hydrogen-bond acceptors (Lipinski definition) is 5. The molecule has 5 rings (SSSR count). The van der Waals surface area contributed by atoms with Crippen molar-refractivity contribution in [1.29, 1.82) is 0 Å². The standard InChI is InChI=1S/C22H19ClFN7O/c23-17-11-15(1-2-18(17)24)28-22(32)31-9-7-30(8-10-31)21-16-12-19(14-3-5-25-6-4-14)29-20(16)26-13-27-21/h1-6,11-13H,7-10H2,(H,28,32)(H,26,27,29). The topological polar surface area (TPSA) is 90.0 Å². The summed E-state index contributed by atoms with van der Waals surface area (Å²) >= 11 is 5.79. The number of carbonyl (C=O) groups is 1. The molecule has 0 unspecified atom stereocenters. The second-order valence-electron chi connectivity index (χ2n) is 7.41. The predicted octanol–water partition coefficient (Wildman–Crippen LogP) is 4.17. The Kier molecular flexibility index (Phi) is 5.32. The molecule has 0 spiro atoms. The van der Waals surface area contributed by atoms with Crippen molar-refractivity contribution in [2.45, 2.75) is 0 Å². The van der Waals surface area contributed by atoms with Crippen LogP contribution in [-0.4, -0.2) is 57.0 Å². The van der Waals surface area contributed by atoms with Crippen molar-refractivity contribution in [2.24, 2.45) is 0 Å². The molecular formula is C22H19ClFN7O. The molecule has 1 fully saturated rings. The summed E-state index contributed by atoms with van der Waals surface area (Å²) in [6.07, 6.45) is 5.04. The molecule has 0 radical (unpaired) electrons. The highest BCUT2D eigenvalue weighted by Crippen LogP contribution is 2.29. The van der Waals surface area contributed by atoms with Gasteiger partial charge in [-0.25, -0.2) is 19.2 Å². The quantitative estimate of drug-likeness (QED) is 0.488. The molecule has 0 aliphatic carbocycles. The van der Waals surface area contributed by atoms with Gasteiger partial charge in [0.25, 0.3) is 0 Å². The van der Waals surface area contributed by atoms with Crippen molar-refractivity contribution in [3.63, 3.8) is 0 Å². The van der Waals surface area contributed by atoms with Crippen LogP contribution in [0.25, 0.3) is 22.3 Å². The van der Waals surface area contributed by atoms with E-state index in [1.54, 1.807) is 23.6 Å². The zero-order valence-corrected chi connectivity index (χ0v) is 17.7. The fourth-order valence-electron chi connectivity index (χ4n) is 3.76. The average molecular weight is 452 g/mol. The van der Waals surface area contributed by atoms with Crippen molar-refractivity contribution in [2.75, 3.05) is 36.4 Å². The molecule has 4 aromatic rings. The summed E-state index contributed by atoms with van der Waals surface area (Å²) in [6.45, 7) is 2.29. The van der Waals surface area contributed by atoms with Crippen LogP contribution in [0.15, 0.2) is 55.1 Å². The van der Waals surface area contributed by atoms with Gasteiger partial charge in [0.1, 0.15) is 23.6 Å². The van der Waals surface area contributed by atoms with Gasteiger partial charge in [-0.1, -0.05) is 11.6 Å². The molecule has 10 heteroatoms. The molecule has 2 N–H and O–H groups in total. The molecule has 0 bridgehead atoms. The van der Waals surface area contributed by atoms with Crippen LogP contribution < -0.4 is 10.2 Å². The summed E-state index contributed by atoms with van der Waals surface area (Å²) in [7, 11) is 0. The fourth-order valence-corrected chi connectivity index (χ4v) is 3.94. The molecule has 1 aliphatic rings. The first-order valence-electron chi connectivity index (χ1n) is 10.1. The highest BCUT2D eigenvalue weighted by molar-refractivity contribution is 6.31. The van der Waals surface area contributed by atoms with Crippen LogP contribution in [-0.2, 0) is 0 Å². The number of benzene rings is 1. The zero-order chi connectivity index (χ0) is 22.1. The number of aromatic nitrogens is 4. The van der Waals surface area contributed by atoms with Gasteiger partial charge in [0, 0.05) is 55.5 Å². The average Bonchev–Trinajstić information content (AvgIpc) is 3.27. The van der Waals surface area contributed by atoms with E-state index in [9.17, 15) is 9.18 Å². The number of carbonyl (C=O) groups excluding carboxylic acids is 1. The largest absolute Gasteiger partial charge is 0.352 e. The first kappa shape index (κ1) is 20.2. The second kappa shape index (κ2) is 8.43. The minimum absolute atomic E-state index is 0.0296. The summed E-state index contributed by atoms with van der Waals surface area (Å²) in [6, 6.07) is 9.77. The van der Waals surface area contributed by atoms with Gasteiger partial charge in [-0.05, 0) is 36.4 Å². The first-order chi connectivity index (χ1) is 15.6. The number of pyridine rings is 1. The Hall–Kier alpha value is -3.72. The van der Waals surface area contributed by atoms with Crippen LogP contribution in [0.4, 0.5) is 20.7 Å². The Morgan fingerprint density at radius 3 is 2.59 bits per heavy atom. The second-order valence-corrected chi connectivity index (χ2v) is 7.82. The van der Waals surface area contributed by atoms with Crippen molar-refractivity contribution in [3.8, 4) is 11.3 Å². The third-order valence-corrected chi connectivity index (χ3v) is 5.72. The summed E-state index contributed by atoms with van der Waals surface area (Å²) in [4.78, 5) is 32.7. The number of H-pyrrole nitrogens is 1. The smallest absolute Gasteiger partial charge is 0.321 e. The molecule has 2 amide bonds. The van der Waals surface area contributed by atoms with Crippen molar-refractivity contribution >= 4 is 40.2 Å². The lowest BCUT2D eigenvalue weighted by molar-refractivity contribution is 0.208. The number of urea groups is 1. The van der Waals surface area contributed by atoms with Gasteiger partial charge in [0.05, 0.1) is 10.4 Å². The highest BCUT2D eigenvalue weighted by Gasteiger charge is 2.24. The van der Waals surface area contributed by atoms with Gasteiger partial charge in [-0.2, -0.15) is 0 Å². The Morgan fingerprint density at radius 2 is 1.84 bits per heavy atom. The Balaban J connectivity index is 1.29. The monoisotopic (exact) mass is 451 g/mol. The van der Waals surface area contributed by atoms with Gasteiger partial charge in [0.2, 0.25) is 0 Å². The van der Waals surface area contributed by atoms with E-state index in [-0.39, 0.29) is 11.1 Å². The number of nitrogens with one attached hydrogen (secondary N) is 2. The maximum absolute atomic E-state index is 13.3. The van der Waals surface area contributed by atoms with Crippen molar-refractivity contribution in [1.82, 2.24) is 24.8 Å². The molecule has 1 aromatic carbocycles. The number of fused-ring (bicyclic) bond motifs is 1. The van der Waals surface area contributed by atoms with Crippen molar-refractivity contribution < 1.29 is 9.18 Å². The molecule has 32 heavy (non-hydrogen) atoms. The van der Waals surface area contributed by atoms with E-state index >= 15 is 0 Å². The molecule has 0 atom stereocenters. The molecule has 1 aliphatic heterocycles. The van der Waals surface area contributed by atoms with E-state index in [1.165, 1.54) is 18.2 Å². The molecular weight excluding hydrogens is 433 g/mol. The minimum atomic E-state index is -0.522. The zero-order valence-electron chi connectivity index (χ0n) is 16.9. The minimum Gasteiger partial charge on any atom is -0.352 e. The van der Waals surface area contributed by atoms with Crippen LogP contribution in [0.3, 0.4) is 0 Å². The molecule has 4 heterocycles. The molecule has 162 valence electrons. The summed E-state index contributed by atoms with van der Waals surface area (Å²) in [5.41, 5.74) is 3.18. The van der Waals surface area contributed by atoms with Crippen molar-refractivity contribution in [3.05, 3.63) is 66.0 Å². The van der Waals surface area contributed by atoms with Gasteiger partial charge >= 0.3 is 6.03 Å². The van der Waals surface area contributed by atoms with Crippen LogP contribution in [0.1, 0.15) is 0 Å². The lowest BCUT2D eigenvalue weighted by Crippen LogP contribution is -2.50. The van der Waals surface area contributed by atoms with Gasteiger partial charge in [0.15, 0.2) is 0 Å². The van der Waals surface area contributed by atoms with Crippen LogP contribution in [0.2, 0.25) is 5.02 Å². The lowest BCUT2D eigenvalue weighted by atomic mass is 10.2. The number of halogens is 2. The van der Waals surface area contributed by atoms with Gasteiger partial charge < -0.3 is 20.1 Å². The fraction of sp³-hybridized carbons (Fsp3) is 0.182. The summed E-state index contributed by atoms with van der Waals surface area (Å²) < 4.78 is 13.3. The molecule has 8 nitrogen and oxygen atoms in total. The van der Waals surface area contributed by atoms with E-state index in [2.05, 4.69) is 30.2 Å². The van der Waals surface area contributed by atoms with Crippen LogP contribution in [0.5, 0.6) is 0 Å². The number of amides is 2. The van der Waals surface area contributed by atoms with Gasteiger partial charge in [-0.15, -0.1) is 0 Å². The van der Waals surface area contributed by atoms with Crippen LogP contribution >= 0.6 is 11.6 Å². The number of rotatable bonds is 3. The third kappa shape index (κ3) is 3.94. The van der Waals surface area contributed by atoms with E-state index in [0.717, 1.165) is 28.1 Å². The number of hydrogen-bond donors (Lipinski definition) is 2. The number of anilines is 2. The van der Waals surface area contributed by atoms with E-state index in [1.807, 2.05) is 18.2 Å². The Labute approximate surface area is 188 Å². The third-order valence-electron chi connectivity index (χ3n) is 5.43. The van der Waals surface area contributed by atoms with E-state index in [4.69, 9.17) is 11.6 Å². The molecule has 1 saturated heterocycles. The number of piperazine rings is 1. The van der Waals surface area contributed by atoms with Gasteiger partial charge in [-0.3, -0.25) is 4.98 Å². The first-order valence-corrected chi connectivity index (χ1v) is 10.5. The predicted molar refractivity (Wildman–Crippen MR) is 121 cm³/mol. The highest BCUT2D eigenvalue weighted by atomic mass is 35.5. The van der Waals surface area contributed by atoms with E-state index < -0.39 is 5.82 Å². The normalized spacial score (nSPS) is 14.1. The maximum atomic E-state index is 13.3. The number of aromatic amines is 1. The summed E-state index contributed by atoms with van der Waals surface area (Å²) in [5, 5.41) is 3.67. The Bertz CT molecular complexity index is 1270. The van der Waals surface area contributed by atoms with E-state index in [0.29, 0.717) is 31.9 Å². The van der Waals surface area contributed by atoms with Crippen LogP contribution in [0, 0.1) is 5.82 Å². The SMILES string of the molecule is O=C(Nc1ccc(F)c(Cl)c1)N1CCN(c2ncnc3[nH]c(-c4ccncc4)cc23)CC1. The Morgan fingerprint density at radius 1 is 1.06 bits per heavy atom.